The van der Waals surface area contributed by atoms with Crippen LogP contribution in [0.25, 0.3) is 0 Å². The number of nitrogens with zero attached hydrogens (tertiary/aromatic N) is 1. The summed E-state index contributed by atoms with van der Waals surface area (Å²) in [6, 6.07) is 13.8. The van der Waals surface area contributed by atoms with Crippen LogP contribution in [0.5, 0.6) is 5.75 Å². The fraction of sp³-hybridized carbons (Fsp3) is 0.417. The summed E-state index contributed by atoms with van der Waals surface area (Å²) in [5.41, 5.74) is 3.88. The summed E-state index contributed by atoms with van der Waals surface area (Å²) in [5.74, 6) is 1.94. The molecule has 3 N–H and O–H groups in total. The van der Waals surface area contributed by atoms with E-state index in [9.17, 15) is 4.79 Å². The Balaban J connectivity index is 1.56. The maximum absolute atomic E-state index is 11.8. The third kappa shape index (κ3) is 6.72. The molecule has 1 fully saturated rings. The van der Waals surface area contributed by atoms with Crippen molar-refractivity contribution in [2.45, 2.75) is 26.4 Å². The molecule has 0 spiro atoms. The molecule has 166 valence electrons. The zero-order valence-corrected chi connectivity index (χ0v) is 18.5. The summed E-state index contributed by atoms with van der Waals surface area (Å²) in [6.07, 6.45) is 1.05. The van der Waals surface area contributed by atoms with Gasteiger partial charge in [0.2, 0.25) is 0 Å². The number of nitrogens with one attached hydrogen (secondary N) is 3. The lowest BCUT2D eigenvalue weighted by atomic mass is 10.1. The van der Waals surface area contributed by atoms with Gasteiger partial charge < -0.3 is 25.4 Å². The molecule has 1 amide bonds. The Bertz CT molecular complexity index is 907. The van der Waals surface area contributed by atoms with E-state index in [1.165, 1.54) is 5.56 Å². The highest BCUT2D eigenvalue weighted by Gasteiger charge is 2.17. The van der Waals surface area contributed by atoms with E-state index < -0.39 is 0 Å². The van der Waals surface area contributed by atoms with Gasteiger partial charge in [0.1, 0.15) is 5.75 Å². The number of carbonyl (C=O) groups excluding carboxylic acids is 1. The van der Waals surface area contributed by atoms with Crippen LogP contribution in [0.3, 0.4) is 0 Å². The van der Waals surface area contributed by atoms with Gasteiger partial charge >= 0.3 is 0 Å². The number of guanidine groups is 1. The van der Waals surface area contributed by atoms with Crippen LogP contribution in [0.1, 0.15) is 33.5 Å². The van der Waals surface area contributed by atoms with Crippen LogP contribution in [-0.2, 0) is 17.8 Å². The fourth-order valence-corrected chi connectivity index (χ4v) is 3.42. The maximum atomic E-state index is 11.8. The topological polar surface area (TPSA) is 84.0 Å². The molecule has 1 atom stereocenters. The number of hydrogen-bond donors (Lipinski definition) is 3. The summed E-state index contributed by atoms with van der Waals surface area (Å²) in [4.78, 5) is 16.1. The highest BCUT2D eigenvalue weighted by molar-refractivity contribution is 5.94. The number of aliphatic imine (C=N–C) groups is 1. The number of ether oxygens (including phenoxy) is 2. The number of amides is 1. The lowest BCUT2D eigenvalue weighted by Crippen LogP contribution is -2.36. The van der Waals surface area contributed by atoms with E-state index in [2.05, 4.69) is 46.1 Å². The van der Waals surface area contributed by atoms with Crippen LogP contribution in [0.4, 0.5) is 0 Å². The van der Waals surface area contributed by atoms with Crippen molar-refractivity contribution < 1.29 is 14.3 Å². The molecule has 1 aliphatic heterocycles. The minimum atomic E-state index is -0.0968. The van der Waals surface area contributed by atoms with Crippen LogP contribution >= 0.6 is 0 Å². The number of rotatable bonds is 8. The standard InChI is InChI=1S/C24H32N4O3/c1-17-7-8-21(22(11-17)31-16-19-9-10-30-15-19)14-28-24(26-3)27-13-18-5-4-6-20(12-18)23(29)25-2/h4-8,11-12,19H,9-10,13-16H2,1-3H3,(H,25,29)(H2,26,27,28). The van der Waals surface area contributed by atoms with E-state index in [1.807, 2.05) is 18.2 Å². The Kier molecular flexibility index (Phi) is 8.29. The third-order valence-electron chi connectivity index (χ3n) is 5.27. The lowest BCUT2D eigenvalue weighted by Gasteiger charge is -2.17. The van der Waals surface area contributed by atoms with Crippen molar-refractivity contribution in [1.29, 1.82) is 0 Å². The summed E-state index contributed by atoms with van der Waals surface area (Å²) >= 11 is 0. The van der Waals surface area contributed by atoms with Crippen molar-refractivity contribution in [3.8, 4) is 5.75 Å². The Hall–Kier alpha value is -3.06. The summed E-state index contributed by atoms with van der Waals surface area (Å²) in [6.45, 7) is 5.49. The van der Waals surface area contributed by atoms with Crippen molar-refractivity contribution in [2.75, 3.05) is 33.9 Å². The molecule has 7 nitrogen and oxygen atoms in total. The Morgan fingerprint density at radius 3 is 2.77 bits per heavy atom. The first-order chi connectivity index (χ1) is 15.1. The Morgan fingerprint density at radius 1 is 1.19 bits per heavy atom. The van der Waals surface area contributed by atoms with E-state index >= 15 is 0 Å². The largest absolute Gasteiger partial charge is 0.493 e. The molecule has 0 saturated carbocycles. The smallest absolute Gasteiger partial charge is 0.251 e. The summed E-state index contributed by atoms with van der Waals surface area (Å²) in [7, 11) is 3.37. The molecule has 2 aromatic carbocycles. The van der Waals surface area contributed by atoms with Crippen molar-refractivity contribution in [2.24, 2.45) is 10.9 Å². The molecule has 0 aromatic heterocycles. The number of aryl methyl sites for hydroxylation is 1. The number of carbonyl (C=O) groups is 1. The van der Waals surface area contributed by atoms with Crippen molar-refractivity contribution >= 4 is 11.9 Å². The molecule has 7 heteroatoms. The molecular weight excluding hydrogens is 392 g/mol. The van der Waals surface area contributed by atoms with Gasteiger partial charge in [-0.1, -0.05) is 24.3 Å². The average Bonchev–Trinajstić information content (AvgIpc) is 3.32. The van der Waals surface area contributed by atoms with Gasteiger partial charge in [-0.05, 0) is 42.7 Å². The minimum Gasteiger partial charge on any atom is -0.493 e. The molecule has 0 radical (unpaired) electrons. The second-order valence-electron chi connectivity index (χ2n) is 7.71. The maximum Gasteiger partial charge on any atom is 0.251 e. The first-order valence-corrected chi connectivity index (χ1v) is 10.6. The highest BCUT2D eigenvalue weighted by atomic mass is 16.5. The van der Waals surface area contributed by atoms with Crippen LogP contribution < -0.4 is 20.7 Å². The monoisotopic (exact) mass is 424 g/mol. The van der Waals surface area contributed by atoms with Gasteiger partial charge in [0.15, 0.2) is 5.96 Å². The first-order valence-electron chi connectivity index (χ1n) is 10.6. The van der Waals surface area contributed by atoms with Crippen molar-refractivity contribution in [3.05, 3.63) is 64.7 Å². The molecular formula is C24H32N4O3. The van der Waals surface area contributed by atoms with E-state index in [0.29, 0.717) is 37.1 Å². The molecule has 31 heavy (non-hydrogen) atoms. The van der Waals surface area contributed by atoms with Crippen LogP contribution in [0.15, 0.2) is 47.5 Å². The number of hydrogen-bond acceptors (Lipinski definition) is 4. The van der Waals surface area contributed by atoms with Gasteiger partial charge in [0.05, 0.1) is 13.2 Å². The second kappa shape index (κ2) is 11.4. The molecule has 2 aromatic rings. The van der Waals surface area contributed by atoms with E-state index in [-0.39, 0.29) is 5.91 Å². The van der Waals surface area contributed by atoms with Gasteiger partial charge in [-0.15, -0.1) is 0 Å². The normalized spacial score (nSPS) is 16.1. The first kappa shape index (κ1) is 22.6. The van der Waals surface area contributed by atoms with Crippen LogP contribution in [-0.4, -0.2) is 45.8 Å². The van der Waals surface area contributed by atoms with Gasteiger partial charge in [0.25, 0.3) is 5.91 Å². The minimum absolute atomic E-state index is 0.0968. The Labute approximate surface area is 184 Å². The van der Waals surface area contributed by atoms with Gasteiger partial charge in [-0.25, -0.2) is 0 Å². The lowest BCUT2D eigenvalue weighted by molar-refractivity contribution is 0.0963. The van der Waals surface area contributed by atoms with Crippen LogP contribution in [0.2, 0.25) is 0 Å². The molecule has 0 bridgehead atoms. The SMILES string of the molecule is CN=C(NCc1cccc(C(=O)NC)c1)NCc1ccc(C)cc1OCC1CCOC1. The molecule has 3 rings (SSSR count). The van der Waals surface area contributed by atoms with Crippen molar-refractivity contribution in [1.82, 2.24) is 16.0 Å². The number of benzene rings is 2. The predicted octanol–water partition coefficient (Wildman–Crippen LogP) is 2.64. The second-order valence-corrected chi connectivity index (χ2v) is 7.71. The van der Waals surface area contributed by atoms with Gasteiger partial charge in [0, 0.05) is 50.8 Å². The highest BCUT2D eigenvalue weighted by Crippen LogP contribution is 2.22. The van der Waals surface area contributed by atoms with E-state index in [0.717, 1.165) is 36.5 Å². The van der Waals surface area contributed by atoms with Crippen molar-refractivity contribution in [3.63, 3.8) is 0 Å². The quantitative estimate of drug-likeness (QED) is 0.448. The van der Waals surface area contributed by atoms with Gasteiger partial charge in [-0.3, -0.25) is 9.79 Å². The van der Waals surface area contributed by atoms with E-state index in [1.54, 1.807) is 20.2 Å². The summed E-state index contributed by atoms with van der Waals surface area (Å²) < 4.78 is 11.6. The molecule has 1 aliphatic rings. The fourth-order valence-electron chi connectivity index (χ4n) is 3.42. The van der Waals surface area contributed by atoms with E-state index in [4.69, 9.17) is 9.47 Å². The Morgan fingerprint density at radius 2 is 2.03 bits per heavy atom. The zero-order chi connectivity index (χ0) is 22.1. The predicted molar refractivity (Wildman–Crippen MR) is 122 cm³/mol. The third-order valence-corrected chi connectivity index (χ3v) is 5.27. The average molecular weight is 425 g/mol. The van der Waals surface area contributed by atoms with Crippen LogP contribution in [0, 0.1) is 12.8 Å². The molecule has 1 unspecified atom stereocenters. The zero-order valence-electron chi connectivity index (χ0n) is 18.5. The molecule has 0 aliphatic carbocycles. The molecule has 1 saturated heterocycles. The van der Waals surface area contributed by atoms with Gasteiger partial charge in [-0.2, -0.15) is 0 Å². The molecule has 1 heterocycles. The summed E-state index contributed by atoms with van der Waals surface area (Å²) in [5, 5.41) is 9.29.